The summed E-state index contributed by atoms with van der Waals surface area (Å²) in [5, 5.41) is 0. The third-order valence-electron chi connectivity index (χ3n) is 5.59. The molecule has 1 aliphatic rings. The van der Waals surface area contributed by atoms with Crippen LogP contribution in [0.25, 0.3) is 0 Å². The normalized spacial score (nSPS) is 17.5. The second-order valence-electron chi connectivity index (χ2n) is 8.80. The van der Waals surface area contributed by atoms with Crippen molar-refractivity contribution in [1.29, 1.82) is 0 Å². The first-order chi connectivity index (χ1) is 13.9. The van der Waals surface area contributed by atoms with Crippen LogP contribution in [0, 0.1) is 0 Å². The lowest BCUT2D eigenvalue weighted by Gasteiger charge is -2.32. The third-order valence-corrected chi connectivity index (χ3v) is 5.59. The molecule has 0 bridgehead atoms. The maximum atomic E-state index is 13.1. The van der Waals surface area contributed by atoms with E-state index >= 15 is 0 Å². The number of pyridine rings is 1. The van der Waals surface area contributed by atoms with Crippen LogP contribution in [0.4, 0.5) is 0 Å². The summed E-state index contributed by atoms with van der Waals surface area (Å²) in [6.45, 7) is 8.63. The number of aromatic nitrogens is 4. The van der Waals surface area contributed by atoms with Crippen LogP contribution in [0.5, 0.6) is 0 Å². The van der Waals surface area contributed by atoms with Gasteiger partial charge in [-0.2, -0.15) is 0 Å². The maximum Gasteiger partial charge on any atom is 0.255 e. The van der Waals surface area contributed by atoms with Gasteiger partial charge >= 0.3 is 0 Å². The van der Waals surface area contributed by atoms with Gasteiger partial charge in [-0.25, -0.2) is 4.98 Å². The number of amides is 1. The van der Waals surface area contributed by atoms with Gasteiger partial charge in [-0.15, -0.1) is 0 Å². The van der Waals surface area contributed by atoms with Gasteiger partial charge < -0.3 is 14.0 Å². The molecule has 4 rings (SSSR count). The first kappa shape index (κ1) is 19.4. The summed E-state index contributed by atoms with van der Waals surface area (Å²) < 4.78 is 4.26. The summed E-state index contributed by atoms with van der Waals surface area (Å²) in [6, 6.07) is 7.89. The van der Waals surface area contributed by atoms with Crippen molar-refractivity contribution in [1.82, 2.24) is 24.0 Å². The van der Waals surface area contributed by atoms with Crippen molar-refractivity contribution in [2.24, 2.45) is 0 Å². The smallest absolute Gasteiger partial charge is 0.255 e. The van der Waals surface area contributed by atoms with Crippen LogP contribution < -0.4 is 0 Å². The lowest BCUT2D eigenvalue weighted by atomic mass is 9.96. The fraction of sp³-hybridized carbons (Fsp3) is 0.435. The average molecular weight is 392 g/mol. The minimum atomic E-state index is -0.0286. The summed E-state index contributed by atoms with van der Waals surface area (Å²) in [4.78, 5) is 24.2. The van der Waals surface area contributed by atoms with E-state index in [1.165, 1.54) is 0 Å². The highest BCUT2D eigenvalue weighted by atomic mass is 16.2. The molecule has 0 N–H and O–H groups in total. The number of rotatable bonds is 4. The predicted octanol–water partition coefficient (Wildman–Crippen LogP) is 3.90. The first-order valence-electron chi connectivity index (χ1n) is 10.3. The molecular weight excluding hydrogens is 362 g/mol. The molecule has 1 unspecified atom stereocenters. The van der Waals surface area contributed by atoms with Crippen LogP contribution in [0.2, 0.25) is 0 Å². The lowest BCUT2D eigenvalue weighted by Crippen LogP contribution is -2.39. The molecule has 0 aliphatic carbocycles. The van der Waals surface area contributed by atoms with E-state index in [4.69, 9.17) is 0 Å². The van der Waals surface area contributed by atoms with Crippen LogP contribution in [0.3, 0.4) is 0 Å². The summed E-state index contributed by atoms with van der Waals surface area (Å²) in [5.41, 5.74) is 1.75. The molecule has 29 heavy (non-hydrogen) atoms. The molecule has 1 atom stereocenters. The topological polar surface area (TPSA) is 56.0 Å². The predicted molar refractivity (Wildman–Crippen MR) is 113 cm³/mol. The van der Waals surface area contributed by atoms with Crippen molar-refractivity contribution >= 4 is 5.91 Å². The molecule has 1 fully saturated rings. The Hall–Kier alpha value is -2.89. The van der Waals surface area contributed by atoms with Crippen LogP contribution in [-0.2, 0) is 12.1 Å². The molecule has 152 valence electrons. The number of imidazole rings is 1. The van der Waals surface area contributed by atoms with Crippen molar-refractivity contribution in [2.45, 2.75) is 51.6 Å². The van der Waals surface area contributed by atoms with Crippen molar-refractivity contribution in [3.63, 3.8) is 0 Å². The Kier molecular flexibility index (Phi) is 5.26. The molecule has 6 nitrogen and oxygen atoms in total. The third kappa shape index (κ3) is 4.26. The molecule has 4 heterocycles. The molecule has 1 amide bonds. The van der Waals surface area contributed by atoms with Gasteiger partial charge in [0.2, 0.25) is 0 Å². The van der Waals surface area contributed by atoms with Gasteiger partial charge in [0.1, 0.15) is 5.82 Å². The highest BCUT2D eigenvalue weighted by molar-refractivity contribution is 5.94. The second kappa shape index (κ2) is 7.85. The van der Waals surface area contributed by atoms with Gasteiger partial charge in [-0.05, 0) is 51.8 Å². The Morgan fingerprint density at radius 1 is 1.14 bits per heavy atom. The Morgan fingerprint density at radius 2 is 2.00 bits per heavy atom. The van der Waals surface area contributed by atoms with Gasteiger partial charge in [-0.1, -0.05) is 6.07 Å². The van der Waals surface area contributed by atoms with Crippen molar-refractivity contribution in [2.75, 3.05) is 13.1 Å². The molecule has 1 aliphatic heterocycles. The number of likely N-dealkylation sites (tertiary alicyclic amines) is 1. The van der Waals surface area contributed by atoms with E-state index in [0.717, 1.165) is 36.5 Å². The fourth-order valence-corrected chi connectivity index (χ4v) is 3.98. The molecule has 3 aromatic heterocycles. The number of carbonyl (C=O) groups excluding carboxylic acids is 1. The standard InChI is InChI=1S/C23H29N5O/c1-23(2,3)28-13-9-19(16-28)22(29)27-12-6-7-18(15-27)21-25-11-14-26(21)17-20-8-4-5-10-24-20/h4-5,8-11,13-14,16,18H,6-7,12,15,17H2,1-3H3. The van der Waals surface area contributed by atoms with E-state index in [-0.39, 0.29) is 17.4 Å². The number of nitrogens with zero attached hydrogens (tertiary/aromatic N) is 5. The molecule has 3 aromatic rings. The van der Waals surface area contributed by atoms with Gasteiger partial charge in [0.15, 0.2) is 0 Å². The highest BCUT2D eigenvalue weighted by Gasteiger charge is 2.29. The van der Waals surface area contributed by atoms with E-state index in [2.05, 4.69) is 39.9 Å². The summed E-state index contributed by atoms with van der Waals surface area (Å²) in [7, 11) is 0. The Bertz CT molecular complexity index is 967. The van der Waals surface area contributed by atoms with Gasteiger partial charge in [0, 0.05) is 55.5 Å². The quantitative estimate of drug-likeness (QED) is 0.678. The molecular formula is C23H29N5O. The minimum Gasteiger partial charge on any atom is -0.348 e. The second-order valence-corrected chi connectivity index (χ2v) is 8.80. The summed E-state index contributed by atoms with van der Waals surface area (Å²) in [6.07, 6.45) is 11.7. The molecule has 0 spiro atoms. The van der Waals surface area contributed by atoms with Gasteiger partial charge in [-0.3, -0.25) is 9.78 Å². The van der Waals surface area contributed by atoms with E-state index in [1.54, 1.807) is 0 Å². The average Bonchev–Trinajstić information content (AvgIpc) is 3.38. The minimum absolute atomic E-state index is 0.0286. The number of carbonyl (C=O) groups is 1. The molecule has 0 radical (unpaired) electrons. The van der Waals surface area contributed by atoms with Crippen LogP contribution in [0.1, 0.15) is 61.4 Å². The Morgan fingerprint density at radius 3 is 2.72 bits per heavy atom. The lowest BCUT2D eigenvalue weighted by molar-refractivity contribution is 0.0703. The number of piperidine rings is 1. The maximum absolute atomic E-state index is 13.1. The van der Waals surface area contributed by atoms with Crippen molar-refractivity contribution < 1.29 is 4.79 Å². The van der Waals surface area contributed by atoms with Crippen molar-refractivity contribution in [3.8, 4) is 0 Å². The summed E-state index contributed by atoms with van der Waals surface area (Å²) in [5.74, 6) is 1.40. The van der Waals surface area contributed by atoms with Gasteiger partial charge in [0.05, 0.1) is 17.8 Å². The van der Waals surface area contributed by atoms with E-state index in [0.29, 0.717) is 13.1 Å². The summed E-state index contributed by atoms with van der Waals surface area (Å²) >= 11 is 0. The number of hydrogen-bond acceptors (Lipinski definition) is 3. The fourth-order valence-electron chi connectivity index (χ4n) is 3.98. The van der Waals surface area contributed by atoms with E-state index in [9.17, 15) is 4.79 Å². The molecule has 1 saturated heterocycles. The zero-order chi connectivity index (χ0) is 20.4. The molecule has 6 heteroatoms. The molecule has 0 saturated carbocycles. The highest BCUT2D eigenvalue weighted by Crippen LogP contribution is 2.27. The van der Waals surface area contributed by atoms with E-state index in [1.807, 2.05) is 60.1 Å². The Labute approximate surface area is 172 Å². The van der Waals surface area contributed by atoms with Gasteiger partial charge in [0.25, 0.3) is 5.91 Å². The van der Waals surface area contributed by atoms with Crippen LogP contribution >= 0.6 is 0 Å². The zero-order valence-electron chi connectivity index (χ0n) is 17.5. The van der Waals surface area contributed by atoms with Crippen molar-refractivity contribution in [3.05, 3.63) is 72.3 Å². The largest absolute Gasteiger partial charge is 0.348 e. The van der Waals surface area contributed by atoms with Crippen LogP contribution in [0.15, 0.2) is 55.2 Å². The monoisotopic (exact) mass is 391 g/mol. The molecule has 0 aromatic carbocycles. The van der Waals surface area contributed by atoms with E-state index < -0.39 is 0 Å². The SMILES string of the molecule is CC(C)(C)n1ccc(C(=O)N2CCCC(c3nccn3Cc3ccccn3)C2)c1. The van der Waals surface area contributed by atoms with Crippen LogP contribution in [-0.4, -0.2) is 43.0 Å². The zero-order valence-corrected chi connectivity index (χ0v) is 17.5. The first-order valence-corrected chi connectivity index (χ1v) is 10.3. The Balaban J connectivity index is 1.48. The number of hydrogen-bond donors (Lipinski definition) is 0.